The fourth-order valence-corrected chi connectivity index (χ4v) is 1.35. The molecule has 0 aromatic rings. The molecule has 0 aromatic carbocycles. The van der Waals surface area contributed by atoms with E-state index in [0.29, 0.717) is 18.5 Å². The molecule has 0 aromatic heterocycles. The van der Waals surface area contributed by atoms with Gasteiger partial charge in [-0.05, 0) is 20.3 Å². The minimum Gasteiger partial charge on any atom is -0.396 e. The summed E-state index contributed by atoms with van der Waals surface area (Å²) in [6.45, 7) is 7.74. The normalized spacial score (nSPS) is 11.6. The molecular weight excluding hydrogens is 202 g/mol. The first kappa shape index (κ1) is 14.2. The number of nitrogens with zero attached hydrogens (tertiary/aromatic N) is 1. The molecule has 0 unspecified atom stereocenters. The predicted molar refractivity (Wildman–Crippen MR) is 60.0 cm³/mol. The van der Waals surface area contributed by atoms with Gasteiger partial charge in [0.2, 0.25) is 0 Å². The van der Waals surface area contributed by atoms with Crippen molar-refractivity contribution in [2.24, 2.45) is 0 Å². The Morgan fingerprint density at radius 1 is 1.29 bits per heavy atom. The molecule has 0 rings (SSSR count). The van der Waals surface area contributed by atoms with Crippen LogP contribution < -0.4 is 0 Å². The molecule has 0 atom stereocenters. The number of hydrogen-bond acceptors (Lipinski definition) is 3. The monoisotopic (exact) mass is 223 g/mol. The maximum atomic E-state index is 8.73. The SMILES string of the molecule is CC(C)N(CCCO)CCOCCCl. The van der Waals surface area contributed by atoms with E-state index in [1.165, 1.54) is 0 Å². The third kappa shape index (κ3) is 7.56. The Labute approximate surface area is 92.0 Å². The molecular formula is C10H22ClNO2. The topological polar surface area (TPSA) is 32.7 Å². The van der Waals surface area contributed by atoms with Gasteiger partial charge in [-0.1, -0.05) is 0 Å². The zero-order valence-corrected chi connectivity index (χ0v) is 9.96. The molecule has 14 heavy (non-hydrogen) atoms. The average molecular weight is 224 g/mol. The van der Waals surface area contributed by atoms with Crippen LogP contribution in [0.4, 0.5) is 0 Å². The van der Waals surface area contributed by atoms with Crippen molar-refractivity contribution >= 4 is 11.6 Å². The van der Waals surface area contributed by atoms with Gasteiger partial charge in [0.05, 0.1) is 13.2 Å². The second-order valence-electron chi connectivity index (χ2n) is 3.51. The van der Waals surface area contributed by atoms with Gasteiger partial charge in [-0.15, -0.1) is 11.6 Å². The van der Waals surface area contributed by atoms with E-state index in [4.69, 9.17) is 21.4 Å². The highest BCUT2D eigenvalue weighted by Crippen LogP contribution is 1.99. The minimum atomic E-state index is 0.256. The van der Waals surface area contributed by atoms with Crippen LogP contribution in [-0.2, 0) is 4.74 Å². The molecule has 0 aliphatic carbocycles. The van der Waals surface area contributed by atoms with Crippen LogP contribution in [0.25, 0.3) is 0 Å². The standard InChI is InChI=1S/C10H22ClNO2/c1-10(2)12(5-3-7-13)6-9-14-8-4-11/h10,13H,3-9H2,1-2H3. The lowest BCUT2D eigenvalue weighted by atomic mass is 10.3. The van der Waals surface area contributed by atoms with E-state index < -0.39 is 0 Å². The van der Waals surface area contributed by atoms with Crippen molar-refractivity contribution < 1.29 is 9.84 Å². The zero-order valence-electron chi connectivity index (χ0n) is 9.21. The Kier molecular flexibility index (Phi) is 9.83. The van der Waals surface area contributed by atoms with Crippen LogP contribution in [0.2, 0.25) is 0 Å². The van der Waals surface area contributed by atoms with E-state index in [-0.39, 0.29) is 6.61 Å². The summed E-state index contributed by atoms with van der Waals surface area (Å²) in [6.07, 6.45) is 0.827. The van der Waals surface area contributed by atoms with Crippen molar-refractivity contribution in [2.75, 3.05) is 38.8 Å². The van der Waals surface area contributed by atoms with Gasteiger partial charge in [-0.25, -0.2) is 0 Å². The molecule has 0 aliphatic heterocycles. The summed E-state index contributed by atoms with van der Waals surface area (Å²) < 4.78 is 5.31. The summed E-state index contributed by atoms with van der Waals surface area (Å²) in [5.74, 6) is 0.554. The Bertz CT molecular complexity index is 123. The average Bonchev–Trinajstić information content (AvgIpc) is 2.16. The summed E-state index contributed by atoms with van der Waals surface area (Å²) in [5, 5.41) is 8.73. The first-order valence-electron chi connectivity index (χ1n) is 5.21. The first-order valence-corrected chi connectivity index (χ1v) is 5.74. The summed E-state index contributed by atoms with van der Waals surface area (Å²) >= 11 is 5.49. The van der Waals surface area contributed by atoms with E-state index in [1.807, 2.05) is 0 Å². The van der Waals surface area contributed by atoms with E-state index >= 15 is 0 Å². The van der Waals surface area contributed by atoms with Crippen molar-refractivity contribution in [3.8, 4) is 0 Å². The fourth-order valence-electron chi connectivity index (χ4n) is 1.24. The summed E-state index contributed by atoms with van der Waals surface area (Å²) in [7, 11) is 0. The van der Waals surface area contributed by atoms with Crippen LogP contribution in [-0.4, -0.2) is 54.8 Å². The van der Waals surface area contributed by atoms with Crippen LogP contribution in [0, 0.1) is 0 Å². The van der Waals surface area contributed by atoms with Crippen molar-refractivity contribution in [1.29, 1.82) is 0 Å². The third-order valence-corrected chi connectivity index (χ3v) is 2.23. The number of halogens is 1. The quantitative estimate of drug-likeness (QED) is 0.473. The number of alkyl halides is 1. The van der Waals surface area contributed by atoms with E-state index in [1.54, 1.807) is 0 Å². The Morgan fingerprint density at radius 3 is 2.50 bits per heavy atom. The van der Waals surface area contributed by atoms with Crippen molar-refractivity contribution in [2.45, 2.75) is 26.3 Å². The predicted octanol–water partition coefficient (Wildman–Crippen LogP) is 1.33. The molecule has 0 fully saturated rings. The molecule has 1 N–H and O–H groups in total. The van der Waals surface area contributed by atoms with Gasteiger partial charge in [0.15, 0.2) is 0 Å². The van der Waals surface area contributed by atoms with Crippen LogP contribution in [0.5, 0.6) is 0 Å². The zero-order chi connectivity index (χ0) is 10.8. The molecule has 0 bridgehead atoms. The highest BCUT2D eigenvalue weighted by atomic mass is 35.5. The number of hydrogen-bond donors (Lipinski definition) is 1. The molecule has 3 nitrogen and oxygen atoms in total. The second-order valence-corrected chi connectivity index (χ2v) is 3.89. The maximum Gasteiger partial charge on any atom is 0.0602 e. The highest BCUT2D eigenvalue weighted by Gasteiger charge is 2.07. The van der Waals surface area contributed by atoms with Gasteiger partial charge in [0.1, 0.15) is 0 Å². The van der Waals surface area contributed by atoms with Gasteiger partial charge < -0.3 is 9.84 Å². The number of ether oxygens (including phenoxy) is 1. The molecule has 0 saturated carbocycles. The molecule has 0 heterocycles. The molecule has 86 valence electrons. The van der Waals surface area contributed by atoms with Gasteiger partial charge in [-0.2, -0.15) is 0 Å². The number of aliphatic hydroxyl groups is 1. The highest BCUT2D eigenvalue weighted by molar-refractivity contribution is 6.17. The van der Waals surface area contributed by atoms with E-state index in [9.17, 15) is 0 Å². The first-order chi connectivity index (χ1) is 6.72. The Morgan fingerprint density at radius 2 is 2.00 bits per heavy atom. The third-order valence-electron chi connectivity index (χ3n) is 2.08. The van der Waals surface area contributed by atoms with Crippen molar-refractivity contribution in [3.63, 3.8) is 0 Å². The van der Waals surface area contributed by atoms with Crippen LogP contribution in [0.3, 0.4) is 0 Å². The lowest BCUT2D eigenvalue weighted by molar-refractivity contribution is 0.0978. The van der Waals surface area contributed by atoms with Crippen LogP contribution in [0.1, 0.15) is 20.3 Å². The molecule has 0 radical (unpaired) electrons. The van der Waals surface area contributed by atoms with E-state index in [0.717, 1.165) is 26.1 Å². The summed E-state index contributed by atoms with van der Waals surface area (Å²) in [4.78, 5) is 2.30. The van der Waals surface area contributed by atoms with E-state index in [2.05, 4.69) is 18.7 Å². The van der Waals surface area contributed by atoms with Gasteiger partial charge in [0.25, 0.3) is 0 Å². The van der Waals surface area contributed by atoms with Gasteiger partial charge >= 0.3 is 0 Å². The molecule has 0 saturated heterocycles. The molecule has 4 heteroatoms. The smallest absolute Gasteiger partial charge is 0.0602 e. The van der Waals surface area contributed by atoms with Crippen LogP contribution >= 0.6 is 11.6 Å². The lowest BCUT2D eigenvalue weighted by Crippen LogP contribution is -2.35. The molecule has 0 amide bonds. The van der Waals surface area contributed by atoms with Crippen molar-refractivity contribution in [3.05, 3.63) is 0 Å². The molecule has 0 spiro atoms. The fraction of sp³-hybridized carbons (Fsp3) is 1.00. The summed E-state index contributed by atoms with van der Waals surface area (Å²) in [5.41, 5.74) is 0. The lowest BCUT2D eigenvalue weighted by Gasteiger charge is -2.25. The summed E-state index contributed by atoms with van der Waals surface area (Å²) in [6, 6.07) is 0.501. The minimum absolute atomic E-state index is 0.256. The Hall–Kier alpha value is 0.170. The number of aliphatic hydroxyl groups excluding tert-OH is 1. The van der Waals surface area contributed by atoms with Crippen molar-refractivity contribution in [1.82, 2.24) is 4.90 Å². The molecule has 0 aliphatic rings. The largest absolute Gasteiger partial charge is 0.396 e. The Balaban J connectivity index is 3.52. The van der Waals surface area contributed by atoms with Gasteiger partial charge in [0, 0.05) is 31.6 Å². The van der Waals surface area contributed by atoms with Gasteiger partial charge in [-0.3, -0.25) is 4.90 Å². The maximum absolute atomic E-state index is 8.73. The number of rotatable bonds is 9. The van der Waals surface area contributed by atoms with Crippen LogP contribution in [0.15, 0.2) is 0 Å². The second kappa shape index (κ2) is 9.71.